The third kappa shape index (κ3) is 1.33. The Balaban J connectivity index is 2.26. The van der Waals surface area contributed by atoms with Crippen LogP contribution in [0.25, 0.3) is 0 Å². The van der Waals surface area contributed by atoms with Gasteiger partial charge < -0.3 is 5.73 Å². The number of nitrogens with two attached hydrogens (primary N) is 1. The highest BCUT2D eigenvalue weighted by molar-refractivity contribution is 7.77. The maximum absolute atomic E-state index is 5.53. The Hall–Kier alpha value is 0.270. The van der Waals surface area contributed by atoms with Gasteiger partial charge in [0, 0.05) is 19.1 Å². The first-order chi connectivity index (χ1) is 3.29. The van der Waals surface area contributed by atoms with Gasteiger partial charge in [0.1, 0.15) is 0 Å². The van der Waals surface area contributed by atoms with Crippen molar-refractivity contribution in [3.8, 4) is 0 Å². The molecule has 0 radical (unpaired) electrons. The molecule has 1 aliphatic heterocycles. The number of nitrogens with zero attached hydrogens (tertiary/aromatic N) is 1. The average molecular weight is 118 g/mol. The second-order valence-electron chi connectivity index (χ2n) is 1.96. The zero-order chi connectivity index (χ0) is 5.28. The van der Waals surface area contributed by atoms with Crippen molar-refractivity contribution in [1.82, 2.24) is 4.31 Å². The first-order valence-electron chi connectivity index (χ1n) is 2.48. The van der Waals surface area contributed by atoms with Crippen LogP contribution in [0.3, 0.4) is 0 Å². The molecular weight excluding hydrogens is 108 g/mol. The highest BCUT2D eigenvalue weighted by atomic mass is 32.1. The van der Waals surface area contributed by atoms with Crippen molar-refractivity contribution < 1.29 is 0 Å². The largest absolute Gasteiger partial charge is 0.326 e. The van der Waals surface area contributed by atoms with Crippen molar-refractivity contribution in [3.63, 3.8) is 0 Å². The summed E-state index contributed by atoms with van der Waals surface area (Å²) in [6.07, 6.45) is 1.10. The van der Waals surface area contributed by atoms with E-state index in [0.29, 0.717) is 6.04 Å². The summed E-state index contributed by atoms with van der Waals surface area (Å²) in [5.74, 6) is 0. The molecule has 0 saturated carbocycles. The van der Waals surface area contributed by atoms with Gasteiger partial charge in [-0.15, -0.1) is 0 Å². The van der Waals surface area contributed by atoms with Gasteiger partial charge in [-0.2, -0.15) is 0 Å². The van der Waals surface area contributed by atoms with Crippen molar-refractivity contribution in [1.29, 1.82) is 0 Å². The summed E-state index contributed by atoms with van der Waals surface area (Å²) in [5.41, 5.74) is 5.53. The molecule has 7 heavy (non-hydrogen) atoms. The van der Waals surface area contributed by atoms with Crippen LogP contribution in [0.5, 0.6) is 0 Å². The first kappa shape index (κ1) is 5.41. The van der Waals surface area contributed by atoms with E-state index in [1.165, 1.54) is 0 Å². The molecule has 1 saturated heterocycles. The van der Waals surface area contributed by atoms with E-state index in [1.54, 1.807) is 0 Å². The van der Waals surface area contributed by atoms with Crippen molar-refractivity contribution in [3.05, 3.63) is 0 Å². The smallest absolute Gasteiger partial charge is 0.0239 e. The molecule has 2 N–H and O–H groups in total. The highest BCUT2D eigenvalue weighted by Crippen LogP contribution is 2.07. The van der Waals surface area contributed by atoms with Gasteiger partial charge in [0.15, 0.2) is 0 Å². The van der Waals surface area contributed by atoms with Crippen molar-refractivity contribution in [2.24, 2.45) is 5.73 Å². The topological polar surface area (TPSA) is 29.3 Å². The minimum atomic E-state index is 0.373. The summed E-state index contributed by atoms with van der Waals surface area (Å²) in [6.45, 7) is 1.99. The van der Waals surface area contributed by atoms with E-state index < -0.39 is 0 Å². The van der Waals surface area contributed by atoms with E-state index in [9.17, 15) is 0 Å². The van der Waals surface area contributed by atoms with Crippen molar-refractivity contribution in [2.75, 3.05) is 13.1 Å². The molecule has 1 atom stereocenters. The zero-order valence-corrected chi connectivity index (χ0v) is 5.06. The molecule has 3 heteroatoms. The summed E-state index contributed by atoms with van der Waals surface area (Å²) in [4.78, 5) is 0. The lowest BCUT2D eigenvalue weighted by Gasteiger charge is -2.01. The molecule has 0 unspecified atom stereocenters. The van der Waals surface area contributed by atoms with Crippen molar-refractivity contribution in [2.45, 2.75) is 12.5 Å². The fourth-order valence-electron chi connectivity index (χ4n) is 0.768. The first-order valence-corrected chi connectivity index (χ1v) is 2.88. The molecule has 0 amide bonds. The SMILES string of the molecule is N[C@@H]1CCN(S)C1. The van der Waals surface area contributed by atoms with E-state index in [-0.39, 0.29) is 0 Å². The van der Waals surface area contributed by atoms with E-state index in [0.717, 1.165) is 19.5 Å². The Bertz CT molecular complexity index is 58.7. The van der Waals surface area contributed by atoms with Crippen LogP contribution < -0.4 is 5.73 Å². The monoisotopic (exact) mass is 118 g/mol. The number of thiol groups is 1. The Labute approximate surface area is 49.2 Å². The second kappa shape index (κ2) is 2.03. The minimum Gasteiger partial charge on any atom is -0.326 e. The van der Waals surface area contributed by atoms with Crippen LogP contribution in [0, 0.1) is 0 Å². The molecule has 2 nitrogen and oxygen atoms in total. The van der Waals surface area contributed by atoms with Crippen LogP contribution in [0.4, 0.5) is 0 Å². The maximum Gasteiger partial charge on any atom is 0.0239 e. The molecule has 0 aliphatic carbocycles. The van der Waals surface area contributed by atoms with Crippen LogP contribution in [0.2, 0.25) is 0 Å². The predicted octanol–water partition coefficient (Wildman–Crippen LogP) is -0.136. The molecule has 0 aromatic rings. The standard InChI is InChI=1S/C4H10N2S/c5-4-1-2-6(7)3-4/h4,7H,1-3,5H2/t4-/m1/s1. The van der Waals surface area contributed by atoms with Crippen LogP contribution >= 0.6 is 12.8 Å². The summed E-state index contributed by atoms with van der Waals surface area (Å²) in [5, 5.41) is 0. The summed E-state index contributed by atoms with van der Waals surface area (Å²) < 4.78 is 1.95. The fraction of sp³-hybridized carbons (Fsp3) is 1.00. The van der Waals surface area contributed by atoms with Crippen LogP contribution in [-0.4, -0.2) is 23.4 Å². The molecule has 1 rings (SSSR count). The van der Waals surface area contributed by atoms with Gasteiger partial charge in [0.25, 0.3) is 0 Å². The molecule has 1 heterocycles. The molecule has 42 valence electrons. The summed E-state index contributed by atoms with van der Waals surface area (Å²) in [6, 6.07) is 0.373. The fourth-order valence-corrected chi connectivity index (χ4v) is 1.09. The Morgan fingerprint density at radius 1 is 1.71 bits per heavy atom. The van der Waals surface area contributed by atoms with E-state index in [2.05, 4.69) is 12.8 Å². The lowest BCUT2D eigenvalue weighted by Crippen LogP contribution is -2.21. The zero-order valence-electron chi connectivity index (χ0n) is 4.17. The average Bonchev–Trinajstić information content (AvgIpc) is 1.87. The van der Waals surface area contributed by atoms with Crippen LogP contribution in [-0.2, 0) is 0 Å². The van der Waals surface area contributed by atoms with Gasteiger partial charge in [-0.25, -0.2) is 0 Å². The maximum atomic E-state index is 5.53. The molecule has 1 fully saturated rings. The quantitative estimate of drug-likeness (QED) is 0.434. The summed E-state index contributed by atoms with van der Waals surface area (Å²) >= 11 is 4.11. The van der Waals surface area contributed by atoms with Gasteiger partial charge >= 0.3 is 0 Å². The van der Waals surface area contributed by atoms with E-state index in [4.69, 9.17) is 5.73 Å². The Kier molecular flexibility index (Phi) is 1.57. The lowest BCUT2D eigenvalue weighted by molar-refractivity contribution is 0.581. The Morgan fingerprint density at radius 3 is 2.57 bits per heavy atom. The van der Waals surface area contributed by atoms with Crippen LogP contribution in [0.15, 0.2) is 0 Å². The van der Waals surface area contributed by atoms with Gasteiger partial charge in [0.2, 0.25) is 0 Å². The number of hydrogen-bond donors (Lipinski definition) is 2. The predicted molar refractivity (Wildman–Crippen MR) is 33.2 cm³/mol. The van der Waals surface area contributed by atoms with Crippen LogP contribution in [0.1, 0.15) is 6.42 Å². The van der Waals surface area contributed by atoms with E-state index >= 15 is 0 Å². The molecule has 0 aromatic heterocycles. The third-order valence-electron chi connectivity index (χ3n) is 1.20. The minimum absolute atomic E-state index is 0.373. The van der Waals surface area contributed by atoms with Gasteiger partial charge in [0.05, 0.1) is 0 Å². The highest BCUT2D eigenvalue weighted by Gasteiger charge is 2.14. The number of hydrogen-bond acceptors (Lipinski definition) is 3. The van der Waals surface area contributed by atoms with Gasteiger partial charge in [-0.3, -0.25) is 4.31 Å². The normalized spacial score (nSPS) is 34.3. The van der Waals surface area contributed by atoms with Gasteiger partial charge in [-0.1, -0.05) is 12.8 Å². The van der Waals surface area contributed by atoms with Gasteiger partial charge in [-0.05, 0) is 6.42 Å². The summed E-state index contributed by atoms with van der Waals surface area (Å²) in [7, 11) is 0. The molecule has 0 aromatic carbocycles. The molecular formula is C4H10N2S. The molecule has 0 spiro atoms. The molecule has 1 aliphatic rings. The van der Waals surface area contributed by atoms with Crippen molar-refractivity contribution >= 4 is 12.8 Å². The number of rotatable bonds is 0. The third-order valence-corrected chi connectivity index (χ3v) is 1.57. The molecule has 0 bridgehead atoms. The lowest BCUT2D eigenvalue weighted by atomic mass is 10.3. The Morgan fingerprint density at radius 2 is 2.43 bits per heavy atom. The second-order valence-corrected chi connectivity index (χ2v) is 2.53. The van der Waals surface area contributed by atoms with E-state index in [1.807, 2.05) is 4.31 Å².